The molecular formula is C17H23N3O2. The molecular weight excluding hydrogens is 278 g/mol. The molecule has 118 valence electrons. The second-order valence-electron chi connectivity index (χ2n) is 5.69. The van der Waals surface area contributed by atoms with E-state index in [1.165, 1.54) is 0 Å². The number of benzene rings is 1. The van der Waals surface area contributed by atoms with Crippen LogP contribution in [0.2, 0.25) is 0 Å². The second kappa shape index (κ2) is 7.42. The van der Waals surface area contributed by atoms with Gasteiger partial charge in [0.2, 0.25) is 5.91 Å². The number of ether oxygens (including phenoxy) is 1. The highest BCUT2D eigenvalue weighted by atomic mass is 16.5. The summed E-state index contributed by atoms with van der Waals surface area (Å²) in [7, 11) is 0. The van der Waals surface area contributed by atoms with E-state index in [4.69, 9.17) is 4.74 Å². The van der Waals surface area contributed by atoms with Crippen molar-refractivity contribution in [3.05, 3.63) is 36.0 Å². The molecule has 0 atom stereocenters. The molecule has 0 aliphatic carbocycles. The highest BCUT2D eigenvalue weighted by molar-refractivity contribution is 5.88. The van der Waals surface area contributed by atoms with E-state index in [9.17, 15) is 4.79 Å². The van der Waals surface area contributed by atoms with E-state index < -0.39 is 0 Å². The van der Waals surface area contributed by atoms with Gasteiger partial charge in [-0.25, -0.2) is 0 Å². The summed E-state index contributed by atoms with van der Waals surface area (Å²) in [6.45, 7) is 5.42. The summed E-state index contributed by atoms with van der Waals surface area (Å²) in [5.74, 6) is 0.0896. The highest BCUT2D eigenvalue weighted by Gasteiger charge is 2.10. The number of carbonyl (C=O) groups excluding carboxylic acids is 1. The van der Waals surface area contributed by atoms with Crippen LogP contribution < -0.4 is 5.32 Å². The molecule has 5 nitrogen and oxygen atoms in total. The third-order valence-corrected chi connectivity index (χ3v) is 4.10. The van der Waals surface area contributed by atoms with Crippen LogP contribution in [0.4, 0.5) is 0 Å². The molecule has 0 spiro atoms. The minimum absolute atomic E-state index is 0.0896. The zero-order chi connectivity index (χ0) is 15.2. The van der Waals surface area contributed by atoms with Crippen LogP contribution in [0.3, 0.4) is 0 Å². The van der Waals surface area contributed by atoms with Crippen molar-refractivity contribution in [2.75, 3.05) is 39.4 Å². The lowest BCUT2D eigenvalue weighted by atomic mass is 10.1. The lowest BCUT2D eigenvalue weighted by Crippen LogP contribution is -2.38. The molecule has 2 aromatic rings. The summed E-state index contributed by atoms with van der Waals surface area (Å²) >= 11 is 0. The van der Waals surface area contributed by atoms with Gasteiger partial charge in [-0.05, 0) is 24.6 Å². The van der Waals surface area contributed by atoms with Gasteiger partial charge in [0.25, 0.3) is 0 Å². The van der Waals surface area contributed by atoms with Crippen LogP contribution in [0.5, 0.6) is 0 Å². The number of para-hydroxylation sites is 1. The SMILES string of the molecule is O=C(Cc1c[nH]c2ccccc12)NCCCN1CCOCC1. The smallest absolute Gasteiger partial charge is 0.224 e. The number of H-pyrrole nitrogens is 1. The molecule has 1 aromatic carbocycles. The Bertz CT molecular complexity index is 617. The molecule has 3 rings (SSSR count). The summed E-state index contributed by atoms with van der Waals surface area (Å²) in [6.07, 6.45) is 3.35. The summed E-state index contributed by atoms with van der Waals surface area (Å²) in [5, 5.41) is 4.15. The van der Waals surface area contributed by atoms with Gasteiger partial charge in [0.05, 0.1) is 19.6 Å². The number of rotatable bonds is 6. The van der Waals surface area contributed by atoms with E-state index in [1.54, 1.807) is 0 Å². The fourth-order valence-corrected chi connectivity index (χ4v) is 2.87. The Labute approximate surface area is 130 Å². The number of hydrogen-bond donors (Lipinski definition) is 2. The van der Waals surface area contributed by atoms with Crippen molar-refractivity contribution in [1.82, 2.24) is 15.2 Å². The van der Waals surface area contributed by atoms with E-state index >= 15 is 0 Å². The summed E-state index contributed by atoms with van der Waals surface area (Å²) < 4.78 is 5.32. The fraction of sp³-hybridized carbons (Fsp3) is 0.471. The van der Waals surface area contributed by atoms with Crippen molar-refractivity contribution in [1.29, 1.82) is 0 Å². The van der Waals surface area contributed by atoms with Gasteiger partial charge in [0, 0.05) is 36.7 Å². The van der Waals surface area contributed by atoms with Crippen LogP contribution in [-0.4, -0.2) is 55.2 Å². The zero-order valence-electron chi connectivity index (χ0n) is 12.8. The quantitative estimate of drug-likeness (QED) is 0.796. The molecule has 1 fully saturated rings. The predicted octanol–water partition coefficient (Wildman–Crippen LogP) is 1.55. The van der Waals surface area contributed by atoms with Crippen molar-refractivity contribution >= 4 is 16.8 Å². The number of amides is 1. The number of nitrogens with one attached hydrogen (secondary N) is 2. The Morgan fingerprint density at radius 1 is 1.27 bits per heavy atom. The molecule has 0 saturated carbocycles. The third kappa shape index (κ3) is 3.87. The van der Waals surface area contributed by atoms with Crippen molar-refractivity contribution in [3.8, 4) is 0 Å². The van der Waals surface area contributed by atoms with Gasteiger partial charge in [-0.3, -0.25) is 9.69 Å². The molecule has 1 aromatic heterocycles. The molecule has 0 radical (unpaired) electrons. The minimum Gasteiger partial charge on any atom is -0.379 e. The van der Waals surface area contributed by atoms with Gasteiger partial charge in [0.1, 0.15) is 0 Å². The van der Waals surface area contributed by atoms with Gasteiger partial charge in [-0.15, -0.1) is 0 Å². The fourth-order valence-electron chi connectivity index (χ4n) is 2.87. The maximum absolute atomic E-state index is 12.0. The number of fused-ring (bicyclic) bond motifs is 1. The predicted molar refractivity (Wildman–Crippen MR) is 86.9 cm³/mol. The number of carbonyl (C=O) groups is 1. The number of hydrogen-bond acceptors (Lipinski definition) is 3. The first-order valence-electron chi connectivity index (χ1n) is 7.95. The van der Waals surface area contributed by atoms with Gasteiger partial charge >= 0.3 is 0 Å². The van der Waals surface area contributed by atoms with Crippen LogP contribution in [0.15, 0.2) is 30.5 Å². The summed E-state index contributed by atoms with van der Waals surface area (Å²) in [5.41, 5.74) is 2.14. The summed E-state index contributed by atoms with van der Waals surface area (Å²) in [4.78, 5) is 17.6. The zero-order valence-corrected chi connectivity index (χ0v) is 12.8. The highest BCUT2D eigenvalue weighted by Crippen LogP contribution is 2.17. The normalized spacial score (nSPS) is 16.0. The van der Waals surface area contributed by atoms with E-state index in [2.05, 4.69) is 15.2 Å². The Balaban J connectivity index is 1.41. The molecule has 0 unspecified atom stereocenters. The molecule has 1 amide bonds. The van der Waals surface area contributed by atoms with E-state index in [0.717, 1.165) is 62.3 Å². The average Bonchev–Trinajstić information content (AvgIpc) is 2.96. The average molecular weight is 301 g/mol. The number of nitrogens with zero attached hydrogens (tertiary/aromatic N) is 1. The lowest BCUT2D eigenvalue weighted by Gasteiger charge is -2.26. The largest absolute Gasteiger partial charge is 0.379 e. The van der Waals surface area contributed by atoms with Gasteiger partial charge in [-0.1, -0.05) is 18.2 Å². The number of aromatic nitrogens is 1. The Hall–Kier alpha value is -1.85. The minimum atomic E-state index is 0.0896. The van der Waals surface area contributed by atoms with Crippen LogP contribution in [0, 0.1) is 0 Å². The molecule has 0 bridgehead atoms. The standard InChI is InChI=1S/C17H23N3O2/c21-17(18-6-3-7-20-8-10-22-11-9-20)12-14-13-19-16-5-2-1-4-15(14)16/h1-2,4-5,13,19H,3,6-12H2,(H,18,21). The maximum atomic E-state index is 12.0. The Kier molecular flexibility index (Phi) is 5.08. The molecule has 22 heavy (non-hydrogen) atoms. The first-order chi connectivity index (χ1) is 10.8. The molecule has 2 N–H and O–H groups in total. The van der Waals surface area contributed by atoms with Crippen molar-refractivity contribution in [2.45, 2.75) is 12.8 Å². The maximum Gasteiger partial charge on any atom is 0.224 e. The first-order valence-corrected chi connectivity index (χ1v) is 7.95. The summed E-state index contributed by atoms with van der Waals surface area (Å²) in [6, 6.07) is 8.07. The Morgan fingerprint density at radius 3 is 2.95 bits per heavy atom. The van der Waals surface area contributed by atoms with E-state index in [1.807, 2.05) is 30.5 Å². The number of morpholine rings is 1. The van der Waals surface area contributed by atoms with Gasteiger partial charge in [0.15, 0.2) is 0 Å². The molecule has 1 aliphatic heterocycles. The van der Waals surface area contributed by atoms with Crippen LogP contribution in [-0.2, 0) is 16.0 Å². The van der Waals surface area contributed by atoms with E-state index in [-0.39, 0.29) is 5.91 Å². The third-order valence-electron chi connectivity index (χ3n) is 4.10. The van der Waals surface area contributed by atoms with Crippen molar-refractivity contribution < 1.29 is 9.53 Å². The molecule has 5 heteroatoms. The van der Waals surface area contributed by atoms with E-state index in [0.29, 0.717) is 6.42 Å². The number of aromatic amines is 1. The first kappa shape index (κ1) is 15.1. The monoisotopic (exact) mass is 301 g/mol. The van der Waals surface area contributed by atoms with Gasteiger partial charge in [-0.2, -0.15) is 0 Å². The topological polar surface area (TPSA) is 57.4 Å². The van der Waals surface area contributed by atoms with Crippen LogP contribution in [0.1, 0.15) is 12.0 Å². The van der Waals surface area contributed by atoms with Crippen LogP contribution in [0.25, 0.3) is 10.9 Å². The molecule has 1 aliphatic rings. The van der Waals surface area contributed by atoms with Crippen molar-refractivity contribution in [2.24, 2.45) is 0 Å². The van der Waals surface area contributed by atoms with Crippen LogP contribution >= 0.6 is 0 Å². The molecule has 2 heterocycles. The molecule has 1 saturated heterocycles. The Morgan fingerprint density at radius 2 is 2.09 bits per heavy atom. The second-order valence-corrected chi connectivity index (χ2v) is 5.69. The lowest BCUT2D eigenvalue weighted by molar-refractivity contribution is -0.120. The van der Waals surface area contributed by atoms with Gasteiger partial charge < -0.3 is 15.0 Å². The van der Waals surface area contributed by atoms with Crippen molar-refractivity contribution in [3.63, 3.8) is 0 Å².